The lowest BCUT2D eigenvalue weighted by atomic mass is 9.87. The molecule has 29 heavy (non-hydrogen) atoms. The second kappa shape index (κ2) is 8.34. The lowest BCUT2D eigenvalue weighted by Crippen LogP contribution is -2.44. The molecule has 0 aliphatic carbocycles. The average Bonchev–Trinajstić information content (AvgIpc) is 3.48. The Morgan fingerprint density at radius 2 is 2.07 bits per heavy atom. The van der Waals surface area contributed by atoms with Gasteiger partial charge in [0, 0.05) is 36.4 Å². The van der Waals surface area contributed by atoms with Crippen LogP contribution in [0.2, 0.25) is 0 Å². The van der Waals surface area contributed by atoms with Crippen LogP contribution in [0.3, 0.4) is 0 Å². The van der Waals surface area contributed by atoms with Gasteiger partial charge in [0.05, 0.1) is 12.8 Å². The minimum absolute atomic E-state index is 0.0213. The Bertz CT molecular complexity index is 965. The number of hydrogen-bond acceptors (Lipinski definition) is 5. The second-order valence-electron chi connectivity index (χ2n) is 7.41. The Hall–Kier alpha value is -3.35. The molecule has 7 heteroatoms. The molecule has 2 aromatic heterocycles. The van der Waals surface area contributed by atoms with Crippen LogP contribution >= 0.6 is 0 Å². The number of nitrogens with one attached hydrogen (secondary N) is 2. The number of carbonyl (C=O) groups excluding carboxylic acids is 2. The molecule has 1 aromatic carbocycles. The van der Waals surface area contributed by atoms with E-state index in [1.165, 1.54) is 0 Å². The highest BCUT2D eigenvalue weighted by Gasteiger charge is 2.38. The Morgan fingerprint density at radius 1 is 1.21 bits per heavy atom. The van der Waals surface area contributed by atoms with Crippen molar-refractivity contribution in [3.05, 3.63) is 66.2 Å². The predicted molar refractivity (Wildman–Crippen MR) is 106 cm³/mol. The van der Waals surface area contributed by atoms with Crippen molar-refractivity contribution < 1.29 is 18.5 Å². The zero-order chi connectivity index (χ0) is 20.1. The van der Waals surface area contributed by atoms with Gasteiger partial charge in [0.15, 0.2) is 5.76 Å². The first-order chi connectivity index (χ1) is 14.1. The molecule has 4 rings (SSSR count). The summed E-state index contributed by atoms with van der Waals surface area (Å²) < 4.78 is 10.8. The molecule has 1 aliphatic rings. The van der Waals surface area contributed by atoms with Crippen LogP contribution in [0, 0.1) is 0 Å². The molecule has 7 nitrogen and oxygen atoms in total. The smallest absolute Gasteiger partial charge is 0.220 e. The highest BCUT2D eigenvalue weighted by atomic mass is 16.5. The van der Waals surface area contributed by atoms with E-state index in [0.717, 1.165) is 11.3 Å². The summed E-state index contributed by atoms with van der Waals surface area (Å²) >= 11 is 0. The molecule has 0 spiro atoms. The Kier molecular flexibility index (Phi) is 5.46. The summed E-state index contributed by atoms with van der Waals surface area (Å²) in [5.74, 6) is 1.41. The lowest BCUT2D eigenvalue weighted by molar-refractivity contribution is -0.123. The maximum atomic E-state index is 12.4. The van der Waals surface area contributed by atoms with Crippen molar-refractivity contribution in [1.29, 1.82) is 0 Å². The Morgan fingerprint density at radius 3 is 2.79 bits per heavy atom. The van der Waals surface area contributed by atoms with Crippen LogP contribution in [-0.4, -0.2) is 22.5 Å². The van der Waals surface area contributed by atoms with E-state index in [1.54, 1.807) is 6.26 Å². The van der Waals surface area contributed by atoms with Gasteiger partial charge < -0.3 is 19.6 Å². The normalized spacial score (nSPS) is 18.6. The summed E-state index contributed by atoms with van der Waals surface area (Å²) in [6.45, 7) is 0.298. The van der Waals surface area contributed by atoms with Gasteiger partial charge in [-0.2, -0.15) is 0 Å². The fraction of sp³-hybridized carbons (Fsp3) is 0.318. The van der Waals surface area contributed by atoms with Gasteiger partial charge in [-0.05, 0) is 25.0 Å². The van der Waals surface area contributed by atoms with Gasteiger partial charge in [-0.25, -0.2) is 0 Å². The molecule has 3 heterocycles. The van der Waals surface area contributed by atoms with Crippen molar-refractivity contribution in [3.63, 3.8) is 0 Å². The molecular formula is C22H23N3O4. The molecule has 3 aromatic rings. The maximum absolute atomic E-state index is 12.4. The van der Waals surface area contributed by atoms with Crippen molar-refractivity contribution in [2.75, 3.05) is 0 Å². The van der Waals surface area contributed by atoms with Crippen LogP contribution < -0.4 is 10.6 Å². The van der Waals surface area contributed by atoms with Gasteiger partial charge in [0.25, 0.3) is 0 Å². The molecular weight excluding hydrogens is 370 g/mol. The summed E-state index contributed by atoms with van der Waals surface area (Å²) in [6, 6.07) is 15.2. The van der Waals surface area contributed by atoms with Crippen LogP contribution in [0.5, 0.6) is 0 Å². The third-order valence-corrected chi connectivity index (χ3v) is 5.24. The summed E-state index contributed by atoms with van der Waals surface area (Å²) in [7, 11) is 0. The van der Waals surface area contributed by atoms with E-state index < -0.39 is 5.54 Å². The lowest BCUT2D eigenvalue weighted by Gasteiger charge is -2.28. The van der Waals surface area contributed by atoms with Gasteiger partial charge in [0.2, 0.25) is 11.8 Å². The minimum Gasteiger partial charge on any atom is -0.469 e. The van der Waals surface area contributed by atoms with E-state index in [1.807, 2.05) is 48.5 Å². The number of benzene rings is 1. The molecule has 0 saturated carbocycles. The average molecular weight is 393 g/mol. The fourth-order valence-corrected chi connectivity index (χ4v) is 3.69. The van der Waals surface area contributed by atoms with Crippen LogP contribution in [0.15, 0.2) is 63.7 Å². The highest BCUT2D eigenvalue weighted by Crippen LogP contribution is 2.29. The first kappa shape index (κ1) is 19.0. The molecule has 150 valence electrons. The predicted octanol–water partition coefficient (Wildman–Crippen LogP) is 3.22. The van der Waals surface area contributed by atoms with E-state index in [2.05, 4.69) is 15.8 Å². The van der Waals surface area contributed by atoms with Gasteiger partial charge in [-0.15, -0.1) is 0 Å². The number of rotatable bonds is 8. The molecule has 2 N–H and O–H groups in total. The number of aromatic nitrogens is 1. The van der Waals surface area contributed by atoms with Gasteiger partial charge in [0.1, 0.15) is 11.5 Å². The van der Waals surface area contributed by atoms with Gasteiger partial charge in [-0.1, -0.05) is 35.5 Å². The summed E-state index contributed by atoms with van der Waals surface area (Å²) in [5.41, 5.74) is 1.17. The Balaban J connectivity index is 1.30. The highest BCUT2D eigenvalue weighted by molar-refractivity contribution is 5.80. The monoisotopic (exact) mass is 393 g/mol. The minimum atomic E-state index is -0.430. The molecule has 1 unspecified atom stereocenters. The summed E-state index contributed by atoms with van der Waals surface area (Å²) in [4.78, 5) is 24.2. The third-order valence-electron chi connectivity index (χ3n) is 5.24. The van der Waals surface area contributed by atoms with Gasteiger partial charge in [-0.3, -0.25) is 9.59 Å². The van der Waals surface area contributed by atoms with Crippen LogP contribution in [0.1, 0.15) is 37.1 Å². The fourth-order valence-electron chi connectivity index (χ4n) is 3.69. The van der Waals surface area contributed by atoms with E-state index >= 15 is 0 Å². The van der Waals surface area contributed by atoms with Crippen molar-refractivity contribution in [3.8, 4) is 11.3 Å². The molecule has 1 fully saturated rings. The molecule has 1 saturated heterocycles. The summed E-state index contributed by atoms with van der Waals surface area (Å²) in [5, 5.41) is 9.94. The number of nitrogens with zero attached hydrogens (tertiary/aromatic N) is 1. The van der Waals surface area contributed by atoms with Crippen LogP contribution in [0.25, 0.3) is 11.3 Å². The SMILES string of the molecule is O=C(CCC1(Cc2ccco2)CCC(=O)N1)NCc1cc(-c2ccccc2)on1. The summed E-state index contributed by atoms with van der Waals surface area (Å²) in [6.07, 6.45) is 4.24. The van der Waals surface area contributed by atoms with Crippen molar-refractivity contribution >= 4 is 11.8 Å². The van der Waals surface area contributed by atoms with Crippen molar-refractivity contribution in [1.82, 2.24) is 15.8 Å². The molecule has 0 bridgehead atoms. The molecule has 0 radical (unpaired) electrons. The zero-order valence-corrected chi connectivity index (χ0v) is 16.0. The first-order valence-corrected chi connectivity index (χ1v) is 9.73. The van der Waals surface area contributed by atoms with Crippen LogP contribution in [-0.2, 0) is 22.6 Å². The standard InChI is InChI=1S/C22H23N3O4/c26-20(23-15-17-13-19(29-25-17)16-5-2-1-3-6-16)8-10-22(11-9-21(27)24-22)14-18-7-4-12-28-18/h1-7,12-13H,8-11,14-15H2,(H,23,26)(H,24,27). The van der Waals surface area contributed by atoms with E-state index in [4.69, 9.17) is 8.94 Å². The van der Waals surface area contributed by atoms with E-state index in [9.17, 15) is 9.59 Å². The second-order valence-corrected chi connectivity index (χ2v) is 7.41. The largest absolute Gasteiger partial charge is 0.469 e. The van der Waals surface area contributed by atoms with Crippen molar-refractivity contribution in [2.45, 2.75) is 44.2 Å². The number of furan rings is 1. The van der Waals surface area contributed by atoms with Crippen molar-refractivity contribution in [2.24, 2.45) is 0 Å². The number of amides is 2. The molecule has 1 aliphatic heterocycles. The molecule has 2 amide bonds. The zero-order valence-electron chi connectivity index (χ0n) is 16.0. The Labute approximate surface area is 168 Å². The first-order valence-electron chi connectivity index (χ1n) is 9.73. The van der Waals surface area contributed by atoms with Gasteiger partial charge >= 0.3 is 0 Å². The molecule has 1 atom stereocenters. The number of carbonyl (C=O) groups is 2. The van der Waals surface area contributed by atoms with Crippen LogP contribution in [0.4, 0.5) is 0 Å². The van der Waals surface area contributed by atoms with E-state index in [-0.39, 0.29) is 11.8 Å². The maximum Gasteiger partial charge on any atom is 0.220 e. The quantitative estimate of drug-likeness (QED) is 0.612. The van der Waals surface area contributed by atoms with E-state index in [0.29, 0.717) is 50.1 Å². The third kappa shape index (κ3) is 4.74. The number of hydrogen-bond donors (Lipinski definition) is 2. The topological polar surface area (TPSA) is 97.4 Å².